The average Bonchev–Trinajstić information content (AvgIpc) is 3.30. The Hall–Kier alpha value is -2.95. The lowest BCUT2D eigenvalue weighted by Gasteiger charge is -2.35. The number of aromatic nitrogens is 3. The molecule has 1 aromatic carbocycles. The largest absolute Gasteiger partial charge is 0.483 e. The van der Waals surface area contributed by atoms with Gasteiger partial charge in [-0.2, -0.15) is 14.1 Å². The Morgan fingerprint density at radius 1 is 1.06 bits per heavy atom. The molecule has 1 saturated carbocycles. The molecule has 1 aliphatic heterocycles. The molecule has 0 spiro atoms. The quantitative estimate of drug-likeness (QED) is 0.483. The maximum absolute atomic E-state index is 13.6. The first kappa shape index (κ1) is 24.7. The summed E-state index contributed by atoms with van der Waals surface area (Å²) in [6.07, 6.45) is 5.87. The van der Waals surface area contributed by atoms with Crippen LogP contribution in [0.25, 0.3) is 5.69 Å². The van der Waals surface area contributed by atoms with Gasteiger partial charge in [0.1, 0.15) is 5.69 Å². The molecule has 11 heteroatoms. The minimum atomic E-state index is -3.69. The van der Waals surface area contributed by atoms with Crippen LogP contribution in [0.2, 0.25) is 5.02 Å². The second kappa shape index (κ2) is 10.2. The number of benzene rings is 1. The summed E-state index contributed by atoms with van der Waals surface area (Å²) >= 11 is 6.15. The Labute approximate surface area is 215 Å². The van der Waals surface area contributed by atoms with Crippen LogP contribution in [-0.2, 0) is 10.0 Å². The SMILES string of the molecule is CC1CCC(Oc2c(N3CCN(S(=O)(=O)c4ccccn4)CC3)cnn(-c3cccc(Cl)c3)c2=O)C1. The summed E-state index contributed by atoms with van der Waals surface area (Å²) in [5.74, 6) is 0.779. The summed E-state index contributed by atoms with van der Waals surface area (Å²) in [4.78, 5) is 19.6. The summed E-state index contributed by atoms with van der Waals surface area (Å²) < 4.78 is 35.0. The molecule has 190 valence electrons. The highest BCUT2D eigenvalue weighted by Crippen LogP contribution is 2.32. The van der Waals surface area contributed by atoms with Gasteiger partial charge < -0.3 is 9.64 Å². The summed E-state index contributed by atoms with van der Waals surface area (Å²) in [5, 5.41) is 4.95. The molecule has 5 rings (SSSR count). The van der Waals surface area contributed by atoms with Crippen molar-refractivity contribution in [3.63, 3.8) is 0 Å². The number of ether oxygens (including phenoxy) is 1. The number of anilines is 1. The van der Waals surface area contributed by atoms with E-state index in [4.69, 9.17) is 16.3 Å². The van der Waals surface area contributed by atoms with Crippen LogP contribution in [0.4, 0.5) is 5.69 Å². The van der Waals surface area contributed by atoms with Gasteiger partial charge in [0.25, 0.3) is 10.0 Å². The number of hydrogen-bond donors (Lipinski definition) is 0. The van der Waals surface area contributed by atoms with Crippen LogP contribution < -0.4 is 15.2 Å². The molecule has 0 N–H and O–H groups in total. The van der Waals surface area contributed by atoms with E-state index in [9.17, 15) is 13.2 Å². The molecule has 1 aliphatic carbocycles. The third-order valence-corrected chi connectivity index (χ3v) is 8.77. The van der Waals surface area contributed by atoms with Crippen molar-refractivity contribution < 1.29 is 13.2 Å². The lowest BCUT2D eigenvalue weighted by atomic mass is 10.1. The maximum atomic E-state index is 13.6. The van der Waals surface area contributed by atoms with Gasteiger partial charge in [0, 0.05) is 37.4 Å². The van der Waals surface area contributed by atoms with Crippen molar-refractivity contribution in [2.75, 3.05) is 31.1 Å². The first-order chi connectivity index (χ1) is 17.3. The fraction of sp³-hybridized carbons (Fsp3) is 0.400. The van der Waals surface area contributed by atoms with Crippen molar-refractivity contribution in [2.24, 2.45) is 5.92 Å². The minimum Gasteiger partial charge on any atom is -0.483 e. The Bertz CT molecular complexity index is 1390. The summed E-state index contributed by atoms with van der Waals surface area (Å²) in [7, 11) is -3.69. The zero-order valence-corrected chi connectivity index (χ0v) is 21.5. The number of rotatable bonds is 6. The van der Waals surface area contributed by atoms with Gasteiger partial charge in [-0.25, -0.2) is 13.4 Å². The highest BCUT2D eigenvalue weighted by Gasteiger charge is 2.32. The molecule has 2 aliphatic rings. The molecule has 2 aromatic heterocycles. The lowest BCUT2D eigenvalue weighted by Crippen LogP contribution is -2.49. The van der Waals surface area contributed by atoms with Crippen LogP contribution in [0, 0.1) is 5.92 Å². The molecule has 2 atom stereocenters. The van der Waals surface area contributed by atoms with Gasteiger partial charge in [0.05, 0.1) is 18.0 Å². The molecule has 9 nitrogen and oxygen atoms in total. The van der Waals surface area contributed by atoms with E-state index in [0.29, 0.717) is 35.4 Å². The van der Waals surface area contributed by atoms with E-state index < -0.39 is 10.0 Å². The van der Waals surface area contributed by atoms with Gasteiger partial charge in [-0.3, -0.25) is 4.79 Å². The van der Waals surface area contributed by atoms with Crippen molar-refractivity contribution in [1.82, 2.24) is 19.1 Å². The van der Waals surface area contributed by atoms with E-state index in [2.05, 4.69) is 17.0 Å². The van der Waals surface area contributed by atoms with Gasteiger partial charge in [-0.05, 0) is 55.5 Å². The minimum absolute atomic E-state index is 0.0311. The van der Waals surface area contributed by atoms with Crippen molar-refractivity contribution in [3.05, 3.63) is 70.2 Å². The zero-order chi connectivity index (χ0) is 25.3. The van der Waals surface area contributed by atoms with Crippen LogP contribution in [0.15, 0.2) is 64.7 Å². The number of piperazine rings is 1. The topological polar surface area (TPSA) is 97.6 Å². The molecule has 1 saturated heterocycles. The third-order valence-electron chi connectivity index (χ3n) is 6.72. The second-order valence-electron chi connectivity index (χ2n) is 9.27. The maximum Gasteiger partial charge on any atom is 0.316 e. The number of hydrogen-bond acceptors (Lipinski definition) is 7. The molecular weight excluding hydrogens is 502 g/mol. The molecule has 0 radical (unpaired) electrons. The molecule has 0 amide bonds. The van der Waals surface area contributed by atoms with E-state index in [-0.39, 0.29) is 35.5 Å². The Morgan fingerprint density at radius 2 is 1.86 bits per heavy atom. The van der Waals surface area contributed by atoms with E-state index in [0.717, 1.165) is 19.3 Å². The van der Waals surface area contributed by atoms with Gasteiger partial charge in [-0.1, -0.05) is 30.7 Å². The van der Waals surface area contributed by atoms with E-state index >= 15 is 0 Å². The van der Waals surface area contributed by atoms with Gasteiger partial charge in [0.2, 0.25) is 5.75 Å². The highest BCUT2D eigenvalue weighted by molar-refractivity contribution is 7.89. The molecular formula is C25H28ClN5O4S. The van der Waals surface area contributed by atoms with Gasteiger partial charge in [0.15, 0.2) is 5.03 Å². The molecule has 2 fully saturated rings. The fourth-order valence-corrected chi connectivity index (χ4v) is 6.32. The van der Waals surface area contributed by atoms with E-state index in [1.54, 1.807) is 42.6 Å². The van der Waals surface area contributed by atoms with Crippen molar-refractivity contribution >= 4 is 27.3 Å². The average molecular weight is 530 g/mol. The Morgan fingerprint density at radius 3 is 2.53 bits per heavy atom. The third kappa shape index (κ3) is 4.98. The second-order valence-corrected chi connectivity index (χ2v) is 11.6. The van der Waals surface area contributed by atoms with Crippen LogP contribution >= 0.6 is 11.6 Å². The normalized spacial score (nSPS) is 21.0. The molecule has 36 heavy (non-hydrogen) atoms. The van der Waals surface area contributed by atoms with Crippen LogP contribution in [0.1, 0.15) is 26.2 Å². The lowest BCUT2D eigenvalue weighted by molar-refractivity contribution is 0.201. The number of halogens is 1. The molecule has 3 heterocycles. The first-order valence-electron chi connectivity index (χ1n) is 12.0. The van der Waals surface area contributed by atoms with Crippen molar-refractivity contribution in [1.29, 1.82) is 0 Å². The summed E-state index contributed by atoms with van der Waals surface area (Å²) in [5.41, 5.74) is 0.764. The summed E-state index contributed by atoms with van der Waals surface area (Å²) in [6.45, 7) is 3.49. The Kier molecular flexibility index (Phi) is 7.00. The first-order valence-corrected chi connectivity index (χ1v) is 13.9. The van der Waals surface area contributed by atoms with Crippen molar-refractivity contribution in [3.8, 4) is 11.4 Å². The standard InChI is InChI=1S/C25H28ClN5O4S/c1-18-8-9-21(15-18)35-24-22(17-28-31(25(24)32)20-6-4-5-19(26)16-20)29-11-13-30(14-12-29)36(33,34)23-7-2-3-10-27-23/h2-7,10,16-18,21H,8-9,11-15H2,1H3. The van der Waals surface area contributed by atoms with Gasteiger partial charge >= 0.3 is 5.56 Å². The number of sulfonamides is 1. The molecule has 2 unspecified atom stereocenters. The van der Waals surface area contributed by atoms with Crippen molar-refractivity contribution in [2.45, 2.75) is 37.3 Å². The predicted octanol–water partition coefficient (Wildman–Crippen LogP) is 3.36. The number of pyridine rings is 1. The summed E-state index contributed by atoms with van der Waals surface area (Å²) in [6, 6.07) is 11.8. The fourth-order valence-electron chi connectivity index (χ4n) is 4.79. The van der Waals surface area contributed by atoms with Crippen LogP contribution in [0.3, 0.4) is 0 Å². The van der Waals surface area contributed by atoms with E-state index in [1.807, 2.05) is 4.90 Å². The van der Waals surface area contributed by atoms with Gasteiger partial charge in [-0.15, -0.1) is 0 Å². The molecule has 3 aromatic rings. The van der Waals surface area contributed by atoms with Crippen LogP contribution in [-0.4, -0.2) is 59.8 Å². The number of nitrogens with zero attached hydrogens (tertiary/aromatic N) is 5. The smallest absolute Gasteiger partial charge is 0.316 e. The van der Waals surface area contributed by atoms with Crippen LogP contribution in [0.5, 0.6) is 5.75 Å². The highest BCUT2D eigenvalue weighted by atomic mass is 35.5. The zero-order valence-electron chi connectivity index (χ0n) is 20.0. The predicted molar refractivity (Wildman–Crippen MR) is 137 cm³/mol. The monoisotopic (exact) mass is 529 g/mol. The Balaban J connectivity index is 1.43. The molecule has 0 bridgehead atoms. The van der Waals surface area contributed by atoms with E-state index in [1.165, 1.54) is 21.3 Å².